The molecular formula is C14H25N3O3S. The normalized spacial score (nSPS) is 17.0. The monoisotopic (exact) mass is 315 g/mol. The Morgan fingerprint density at radius 3 is 2.52 bits per heavy atom. The van der Waals surface area contributed by atoms with E-state index in [9.17, 15) is 8.42 Å². The summed E-state index contributed by atoms with van der Waals surface area (Å²) in [6.07, 6.45) is 4.63. The molecule has 0 aliphatic heterocycles. The van der Waals surface area contributed by atoms with Gasteiger partial charge in [-0.2, -0.15) is 9.40 Å². The lowest BCUT2D eigenvalue weighted by Crippen LogP contribution is -2.35. The van der Waals surface area contributed by atoms with Gasteiger partial charge in [0.15, 0.2) is 0 Å². The van der Waals surface area contributed by atoms with Crippen LogP contribution in [0.1, 0.15) is 43.5 Å². The van der Waals surface area contributed by atoms with Crippen molar-refractivity contribution in [2.45, 2.75) is 63.4 Å². The van der Waals surface area contributed by atoms with Gasteiger partial charge in [-0.1, -0.05) is 12.8 Å². The van der Waals surface area contributed by atoms with Crippen LogP contribution in [0, 0.1) is 13.8 Å². The van der Waals surface area contributed by atoms with Crippen LogP contribution in [-0.4, -0.2) is 47.3 Å². The van der Waals surface area contributed by atoms with Gasteiger partial charge in [-0.3, -0.25) is 4.68 Å². The molecule has 0 saturated heterocycles. The third kappa shape index (κ3) is 3.14. The van der Waals surface area contributed by atoms with E-state index < -0.39 is 10.0 Å². The van der Waals surface area contributed by atoms with Crippen LogP contribution in [0.4, 0.5) is 0 Å². The van der Waals surface area contributed by atoms with Crippen molar-refractivity contribution in [3.63, 3.8) is 0 Å². The summed E-state index contributed by atoms with van der Waals surface area (Å²) in [5.74, 6) is 0. The number of aliphatic hydroxyl groups excluding tert-OH is 1. The molecular weight excluding hydrogens is 290 g/mol. The molecule has 0 spiro atoms. The van der Waals surface area contributed by atoms with Gasteiger partial charge < -0.3 is 5.11 Å². The average molecular weight is 315 g/mol. The Hall–Kier alpha value is -0.920. The minimum absolute atomic E-state index is 0.0718. The van der Waals surface area contributed by atoms with Crippen molar-refractivity contribution >= 4 is 10.0 Å². The first-order valence-electron chi connectivity index (χ1n) is 7.52. The van der Waals surface area contributed by atoms with E-state index in [1.54, 1.807) is 25.6 Å². The second-order valence-electron chi connectivity index (χ2n) is 5.76. The van der Waals surface area contributed by atoms with Crippen molar-refractivity contribution in [1.29, 1.82) is 0 Å². The fourth-order valence-corrected chi connectivity index (χ4v) is 4.88. The summed E-state index contributed by atoms with van der Waals surface area (Å²) in [4.78, 5) is 0.329. The quantitative estimate of drug-likeness (QED) is 0.862. The van der Waals surface area contributed by atoms with Crippen LogP contribution >= 0.6 is 0 Å². The maximum Gasteiger partial charge on any atom is 0.246 e. The zero-order valence-corrected chi connectivity index (χ0v) is 13.9. The van der Waals surface area contributed by atoms with Crippen LogP contribution in [0.25, 0.3) is 0 Å². The third-order valence-electron chi connectivity index (χ3n) is 4.32. The molecule has 1 heterocycles. The van der Waals surface area contributed by atoms with E-state index in [1.165, 1.54) is 4.31 Å². The molecule has 1 aliphatic rings. The highest BCUT2D eigenvalue weighted by atomic mass is 32.2. The zero-order valence-electron chi connectivity index (χ0n) is 13.0. The predicted octanol–water partition coefficient (Wildman–Crippen LogP) is 1.45. The molecule has 0 atom stereocenters. The lowest BCUT2D eigenvalue weighted by molar-refractivity contribution is 0.276. The Bertz CT molecular complexity index is 589. The molecule has 1 fully saturated rings. The van der Waals surface area contributed by atoms with E-state index in [0.717, 1.165) is 25.7 Å². The molecule has 7 heteroatoms. The van der Waals surface area contributed by atoms with Gasteiger partial charge in [0, 0.05) is 26.2 Å². The Balaban J connectivity index is 2.33. The van der Waals surface area contributed by atoms with E-state index in [1.807, 2.05) is 0 Å². The Kier molecular flexibility index (Phi) is 5.06. The summed E-state index contributed by atoms with van der Waals surface area (Å²) < 4.78 is 28.9. The number of aliphatic hydroxyl groups is 1. The predicted molar refractivity (Wildman–Crippen MR) is 80.6 cm³/mol. The summed E-state index contributed by atoms with van der Waals surface area (Å²) in [5, 5.41) is 13.2. The number of nitrogens with zero attached hydrogens (tertiary/aromatic N) is 3. The highest BCUT2D eigenvalue weighted by molar-refractivity contribution is 7.89. The highest BCUT2D eigenvalue weighted by Crippen LogP contribution is 2.29. The molecule has 120 valence electrons. The number of rotatable bonds is 6. The molecule has 1 aromatic heterocycles. The summed E-state index contributed by atoms with van der Waals surface area (Å²) in [7, 11) is -1.82. The number of hydrogen-bond acceptors (Lipinski definition) is 4. The first-order valence-corrected chi connectivity index (χ1v) is 8.96. The molecule has 0 bridgehead atoms. The van der Waals surface area contributed by atoms with Crippen molar-refractivity contribution in [1.82, 2.24) is 14.1 Å². The first kappa shape index (κ1) is 16.5. The molecule has 0 aromatic carbocycles. The van der Waals surface area contributed by atoms with Crippen LogP contribution in [0.5, 0.6) is 0 Å². The molecule has 1 aromatic rings. The molecule has 0 amide bonds. The molecule has 0 radical (unpaired) electrons. The molecule has 0 unspecified atom stereocenters. The first-order chi connectivity index (χ1) is 9.89. The van der Waals surface area contributed by atoms with Crippen molar-refractivity contribution in [2.75, 3.05) is 13.7 Å². The van der Waals surface area contributed by atoms with Crippen LogP contribution in [-0.2, 0) is 16.6 Å². The smallest absolute Gasteiger partial charge is 0.246 e. The molecule has 1 aliphatic carbocycles. The Morgan fingerprint density at radius 1 is 1.33 bits per heavy atom. The molecule has 1 N–H and O–H groups in total. The molecule has 2 rings (SSSR count). The van der Waals surface area contributed by atoms with E-state index >= 15 is 0 Å². The number of aryl methyl sites for hydroxylation is 2. The largest absolute Gasteiger partial charge is 0.396 e. The number of aromatic nitrogens is 2. The third-order valence-corrected chi connectivity index (χ3v) is 6.48. The summed E-state index contributed by atoms with van der Waals surface area (Å²) in [5.41, 5.74) is 1.20. The van der Waals surface area contributed by atoms with Gasteiger partial charge in [0.05, 0.1) is 11.4 Å². The van der Waals surface area contributed by atoms with Gasteiger partial charge in [0.25, 0.3) is 0 Å². The lowest BCUT2D eigenvalue weighted by atomic mass is 10.3. The maximum absolute atomic E-state index is 12.9. The van der Waals surface area contributed by atoms with E-state index in [-0.39, 0.29) is 12.6 Å². The number of hydrogen-bond donors (Lipinski definition) is 1. The van der Waals surface area contributed by atoms with Crippen molar-refractivity contribution in [3.05, 3.63) is 11.4 Å². The lowest BCUT2D eigenvalue weighted by Gasteiger charge is -2.23. The van der Waals surface area contributed by atoms with Gasteiger partial charge in [0.2, 0.25) is 10.0 Å². The van der Waals surface area contributed by atoms with E-state index in [4.69, 9.17) is 5.11 Å². The van der Waals surface area contributed by atoms with Gasteiger partial charge in [0.1, 0.15) is 4.90 Å². The van der Waals surface area contributed by atoms with Crippen LogP contribution in [0.3, 0.4) is 0 Å². The molecule has 1 saturated carbocycles. The van der Waals surface area contributed by atoms with Gasteiger partial charge in [-0.15, -0.1) is 0 Å². The van der Waals surface area contributed by atoms with Gasteiger partial charge >= 0.3 is 0 Å². The SMILES string of the molecule is Cc1nn(CCCO)c(C)c1S(=O)(=O)N(C)C1CCCC1. The zero-order chi connectivity index (χ0) is 15.6. The van der Waals surface area contributed by atoms with E-state index in [0.29, 0.717) is 29.2 Å². The number of sulfonamides is 1. The second-order valence-corrected chi connectivity index (χ2v) is 7.69. The fourth-order valence-electron chi connectivity index (χ4n) is 3.10. The summed E-state index contributed by atoms with van der Waals surface area (Å²) in [6.45, 7) is 4.12. The Morgan fingerprint density at radius 2 is 1.95 bits per heavy atom. The minimum atomic E-state index is -3.50. The van der Waals surface area contributed by atoms with Gasteiger partial charge in [-0.25, -0.2) is 8.42 Å². The summed E-state index contributed by atoms with van der Waals surface area (Å²) >= 11 is 0. The fraction of sp³-hybridized carbons (Fsp3) is 0.786. The van der Waals surface area contributed by atoms with Crippen molar-refractivity contribution in [2.24, 2.45) is 0 Å². The topological polar surface area (TPSA) is 75.4 Å². The Labute approximate surface area is 126 Å². The van der Waals surface area contributed by atoms with Crippen LogP contribution in [0.2, 0.25) is 0 Å². The van der Waals surface area contributed by atoms with Crippen LogP contribution < -0.4 is 0 Å². The van der Waals surface area contributed by atoms with Crippen LogP contribution in [0.15, 0.2) is 4.90 Å². The summed E-state index contributed by atoms with van der Waals surface area (Å²) in [6, 6.07) is 0.106. The standard InChI is InChI=1S/C14H25N3O3S/c1-11-14(12(2)17(15-11)9-6-10-18)21(19,20)16(3)13-7-4-5-8-13/h13,18H,4-10H2,1-3H3. The van der Waals surface area contributed by atoms with Crippen molar-refractivity contribution in [3.8, 4) is 0 Å². The van der Waals surface area contributed by atoms with Crippen molar-refractivity contribution < 1.29 is 13.5 Å². The molecule has 21 heavy (non-hydrogen) atoms. The van der Waals surface area contributed by atoms with Gasteiger partial charge in [-0.05, 0) is 33.1 Å². The maximum atomic E-state index is 12.9. The second kappa shape index (κ2) is 6.46. The molecule has 6 nitrogen and oxygen atoms in total. The highest BCUT2D eigenvalue weighted by Gasteiger charge is 2.34. The average Bonchev–Trinajstić information content (AvgIpc) is 3.04. The minimum Gasteiger partial charge on any atom is -0.396 e. The van der Waals surface area contributed by atoms with E-state index in [2.05, 4.69) is 5.10 Å².